The number of aryl methyl sites for hydroxylation is 1. The van der Waals surface area contributed by atoms with Gasteiger partial charge in [0.1, 0.15) is 5.75 Å². The maximum Gasteiger partial charge on any atom is 0.119 e. The van der Waals surface area contributed by atoms with E-state index in [0.717, 1.165) is 36.6 Å². The standard InChI is InChI=1S/C24H34N2O/c1-3-5-7-8-9-11-21-12-14-22(15-13-21)25-26-23-16-18-24(19-17-23)27-20-10-6-4-2/h12-19H,3-11,20H2,1-2H3. The highest BCUT2D eigenvalue weighted by atomic mass is 16.5. The van der Waals surface area contributed by atoms with Crippen LogP contribution in [-0.2, 0) is 6.42 Å². The van der Waals surface area contributed by atoms with Crippen molar-refractivity contribution in [2.45, 2.75) is 71.6 Å². The van der Waals surface area contributed by atoms with Crippen molar-refractivity contribution < 1.29 is 4.74 Å². The monoisotopic (exact) mass is 366 g/mol. The summed E-state index contributed by atoms with van der Waals surface area (Å²) in [7, 11) is 0. The van der Waals surface area contributed by atoms with E-state index in [1.54, 1.807) is 0 Å². The fourth-order valence-corrected chi connectivity index (χ4v) is 2.93. The molecule has 3 heteroatoms. The Morgan fingerprint density at radius 1 is 0.630 bits per heavy atom. The molecule has 2 rings (SSSR count). The molecule has 0 radical (unpaired) electrons. The van der Waals surface area contributed by atoms with Crippen LogP contribution in [0.1, 0.15) is 70.8 Å². The predicted molar refractivity (Wildman–Crippen MR) is 115 cm³/mol. The molecule has 0 saturated heterocycles. The number of rotatable bonds is 13. The molecule has 0 unspecified atom stereocenters. The Bertz CT molecular complexity index is 647. The third kappa shape index (κ3) is 8.85. The van der Waals surface area contributed by atoms with Gasteiger partial charge in [-0.3, -0.25) is 0 Å². The van der Waals surface area contributed by atoms with E-state index in [0.29, 0.717) is 0 Å². The van der Waals surface area contributed by atoms with Gasteiger partial charge in [0.25, 0.3) is 0 Å². The Balaban J connectivity index is 1.76. The van der Waals surface area contributed by atoms with Crippen LogP contribution in [0.25, 0.3) is 0 Å². The second kappa shape index (κ2) is 13.1. The smallest absolute Gasteiger partial charge is 0.119 e. The van der Waals surface area contributed by atoms with Gasteiger partial charge in [-0.2, -0.15) is 10.2 Å². The van der Waals surface area contributed by atoms with Crippen molar-refractivity contribution in [3.05, 3.63) is 54.1 Å². The highest BCUT2D eigenvalue weighted by Gasteiger charge is 1.97. The SMILES string of the molecule is CCCCCCCc1ccc(N=Nc2ccc(OCCCCC)cc2)cc1. The summed E-state index contributed by atoms with van der Waals surface area (Å²) in [6.07, 6.45) is 11.3. The van der Waals surface area contributed by atoms with Gasteiger partial charge in [0, 0.05) is 0 Å². The van der Waals surface area contributed by atoms with E-state index in [-0.39, 0.29) is 0 Å². The number of unbranched alkanes of at least 4 members (excludes halogenated alkanes) is 6. The number of benzene rings is 2. The highest BCUT2D eigenvalue weighted by molar-refractivity contribution is 5.43. The lowest BCUT2D eigenvalue weighted by molar-refractivity contribution is 0.306. The molecule has 0 saturated carbocycles. The molecule has 2 aromatic carbocycles. The van der Waals surface area contributed by atoms with Gasteiger partial charge in [0.15, 0.2) is 0 Å². The first-order chi connectivity index (χ1) is 13.3. The topological polar surface area (TPSA) is 34.0 Å². The number of ether oxygens (including phenoxy) is 1. The van der Waals surface area contributed by atoms with Crippen LogP contribution in [0.4, 0.5) is 11.4 Å². The fourth-order valence-electron chi connectivity index (χ4n) is 2.93. The number of hydrogen-bond donors (Lipinski definition) is 0. The van der Waals surface area contributed by atoms with Gasteiger partial charge < -0.3 is 4.74 Å². The molecular weight excluding hydrogens is 332 g/mol. The molecule has 3 nitrogen and oxygen atoms in total. The summed E-state index contributed by atoms with van der Waals surface area (Å²) in [5.74, 6) is 0.897. The Kier molecular flexibility index (Phi) is 10.2. The van der Waals surface area contributed by atoms with Crippen LogP contribution in [0.5, 0.6) is 5.75 Å². The zero-order valence-corrected chi connectivity index (χ0v) is 17.0. The van der Waals surface area contributed by atoms with Crippen LogP contribution in [0.2, 0.25) is 0 Å². The minimum absolute atomic E-state index is 0.777. The molecule has 0 atom stereocenters. The average molecular weight is 367 g/mol. The first-order valence-corrected chi connectivity index (χ1v) is 10.6. The van der Waals surface area contributed by atoms with Crippen LogP contribution in [0.15, 0.2) is 58.8 Å². The van der Waals surface area contributed by atoms with Crippen molar-refractivity contribution in [1.82, 2.24) is 0 Å². The summed E-state index contributed by atoms with van der Waals surface area (Å²) < 4.78 is 5.72. The normalized spacial score (nSPS) is 11.2. The van der Waals surface area contributed by atoms with Crippen molar-refractivity contribution >= 4 is 11.4 Å². The van der Waals surface area contributed by atoms with Gasteiger partial charge in [-0.05, 0) is 61.2 Å². The lowest BCUT2D eigenvalue weighted by Crippen LogP contribution is -1.96. The van der Waals surface area contributed by atoms with Crippen molar-refractivity contribution in [3.8, 4) is 5.75 Å². The largest absolute Gasteiger partial charge is 0.494 e. The summed E-state index contributed by atoms with van der Waals surface area (Å²) in [6, 6.07) is 16.3. The van der Waals surface area contributed by atoms with Gasteiger partial charge in [0.05, 0.1) is 18.0 Å². The third-order valence-electron chi connectivity index (χ3n) is 4.64. The van der Waals surface area contributed by atoms with Crippen molar-refractivity contribution in [3.63, 3.8) is 0 Å². The first-order valence-electron chi connectivity index (χ1n) is 10.6. The van der Waals surface area contributed by atoms with E-state index in [2.05, 4.69) is 48.3 Å². The Morgan fingerprint density at radius 3 is 1.81 bits per heavy atom. The Morgan fingerprint density at radius 2 is 1.19 bits per heavy atom. The molecular formula is C24H34N2O. The summed E-state index contributed by atoms with van der Waals surface area (Å²) >= 11 is 0. The Labute approximate surface area is 164 Å². The van der Waals surface area contributed by atoms with Crippen LogP contribution in [0.3, 0.4) is 0 Å². The zero-order chi connectivity index (χ0) is 19.2. The number of azo groups is 1. The van der Waals surface area contributed by atoms with E-state index in [9.17, 15) is 0 Å². The summed E-state index contributed by atoms with van der Waals surface area (Å²) in [4.78, 5) is 0. The highest BCUT2D eigenvalue weighted by Crippen LogP contribution is 2.22. The minimum atomic E-state index is 0.777. The van der Waals surface area contributed by atoms with E-state index in [1.807, 2.05) is 24.3 Å². The molecule has 0 N–H and O–H groups in total. The van der Waals surface area contributed by atoms with Crippen LogP contribution >= 0.6 is 0 Å². The average Bonchev–Trinajstić information content (AvgIpc) is 2.71. The van der Waals surface area contributed by atoms with Gasteiger partial charge in [-0.25, -0.2) is 0 Å². The molecule has 0 aromatic heterocycles. The van der Waals surface area contributed by atoms with E-state index >= 15 is 0 Å². The van der Waals surface area contributed by atoms with Gasteiger partial charge >= 0.3 is 0 Å². The van der Waals surface area contributed by atoms with E-state index in [1.165, 1.54) is 50.5 Å². The number of hydrogen-bond acceptors (Lipinski definition) is 3. The lowest BCUT2D eigenvalue weighted by atomic mass is 10.1. The molecule has 0 spiro atoms. The second-order valence-corrected chi connectivity index (χ2v) is 7.08. The van der Waals surface area contributed by atoms with Gasteiger partial charge in [-0.15, -0.1) is 0 Å². The lowest BCUT2D eigenvalue weighted by Gasteiger charge is -2.05. The maximum absolute atomic E-state index is 5.72. The molecule has 2 aromatic rings. The minimum Gasteiger partial charge on any atom is -0.494 e. The number of nitrogens with zero attached hydrogens (tertiary/aromatic N) is 2. The molecule has 146 valence electrons. The molecule has 0 amide bonds. The van der Waals surface area contributed by atoms with Crippen LogP contribution in [-0.4, -0.2) is 6.61 Å². The zero-order valence-electron chi connectivity index (χ0n) is 17.0. The third-order valence-corrected chi connectivity index (χ3v) is 4.64. The summed E-state index contributed by atoms with van der Waals surface area (Å²) in [6.45, 7) is 5.23. The first kappa shape index (κ1) is 21.1. The fraction of sp³-hybridized carbons (Fsp3) is 0.500. The van der Waals surface area contributed by atoms with Gasteiger partial charge in [0.2, 0.25) is 0 Å². The quantitative estimate of drug-likeness (QED) is 0.260. The summed E-state index contributed by atoms with van der Waals surface area (Å²) in [5.41, 5.74) is 3.12. The second-order valence-electron chi connectivity index (χ2n) is 7.08. The van der Waals surface area contributed by atoms with Crippen LogP contribution < -0.4 is 4.74 Å². The van der Waals surface area contributed by atoms with E-state index in [4.69, 9.17) is 4.74 Å². The molecule has 0 fully saturated rings. The van der Waals surface area contributed by atoms with Gasteiger partial charge in [-0.1, -0.05) is 64.5 Å². The van der Waals surface area contributed by atoms with Crippen molar-refractivity contribution in [1.29, 1.82) is 0 Å². The van der Waals surface area contributed by atoms with Crippen LogP contribution in [0, 0.1) is 0 Å². The molecule has 0 aliphatic rings. The maximum atomic E-state index is 5.72. The molecule has 0 heterocycles. The molecule has 0 aliphatic carbocycles. The molecule has 0 bridgehead atoms. The Hall–Kier alpha value is -2.16. The van der Waals surface area contributed by atoms with Crippen molar-refractivity contribution in [2.75, 3.05) is 6.61 Å². The molecule has 27 heavy (non-hydrogen) atoms. The predicted octanol–water partition coefficient (Wildman–Crippen LogP) is 8.18. The molecule has 0 aliphatic heterocycles. The van der Waals surface area contributed by atoms with E-state index < -0.39 is 0 Å². The van der Waals surface area contributed by atoms with Crippen molar-refractivity contribution in [2.24, 2.45) is 10.2 Å². The summed E-state index contributed by atoms with van der Waals surface area (Å²) in [5, 5.41) is 8.66.